The van der Waals surface area contributed by atoms with Crippen LogP contribution in [-0.2, 0) is 6.61 Å². The molecular formula is C19H19ClO. The molecule has 0 atom stereocenters. The minimum absolute atomic E-state index is 0.351. The molecule has 0 amide bonds. The van der Waals surface area contributed by atoms with Crippen molar-refractivity contribution in [3.8, 4) is 17.6 Å². The number of halogens is 1. The first-order valence-corrected chi connectivity index (χ1v) is 7.48. The van der Waals surface area contributed by atoms with Crippen molar-refractivity contribution in [2.24, 2.45) is 0 Å². The first-order chi connectivity index (χ1) is 10.1. The molecule has 0 spiro atoms. The van der Waals surface area contributed by atoms with Crippen molar-refractivity contribution in [2.45, 2.75) is 27.4 Å². The third-order valence-corrected chi connectivity index (χ3v) is 3.62. The minimum atomic E-state index is 0.351. The molecule has 0 aliphatic heterocycles. The van der Waals surface area contributed by atoms with Gasteiger partial charge in [-0.05, 0) is 61.2 Å². The smallest absolute Gasteiger partial charge is 0.122 e. The van der Waals surface area contributed by atoms with Crippen LogP contribution in [0, 0.1) is 32.6 Å². The molecule has 0 radical (unpaired) electrons. The van der Waals surface area contributed by atoms with Crippen molar-refractivity contribution in [2.75, 3.05) is 5.88 Å². The number of benzene rings is 2. The molecule has 2 rings (SSSR count). The van der Waals surface area contributed by atoms with Crippen LogP contribution in [0.2, 0.25) is 0 Å². The van der Waals surface area contributed by atoms with Crippen LogP contribution in [0.4, 0.5) is 0 Å². The maximum atomic E-state index is 5.97. The summed E-state index contributed by atoms with van der Waals surface area (Å²) < 4.78 is 5.97. The molecule has 0 fully saturated rings. The lowest BCUT2D eigenvalue weighted by Crippen LogP contribution is -2.01. The summed E-state index contributed by atoms with van der Waals surface area (Å²) in [5.74, 6) is 7.12. The molecule has 108 valence electrons. The first kappa shape index (κ1) is 15.5. The highest BCUT2D eigenvalue weighted by Gasteiger charge is 2.05. The van der Waals surface area contributed by atoms with E-state index in [1.54, 1.807) is 0 Å². The number of alkyl halides is 1. The minimum Gasteiger partial charge on any atom is -0.489 e. The fourth-order valence-electron chi connectivity index (χ4n) is 2.25. The Balaban J connectivity index is 2.14. The fraction of sp³-hybridized carbons (Fsp3) is 0.263. The topological polar surface area (TPSA) is 9.23 Å². The highest BCUT2D eigenvalue weighted by Crippen LogP contribution is 2.22. The summed E-state index contributed by atoms with van der Waals surface area (Å²) in [5, 5.41) is 0. The van der Waals surface area contributed by atoms with Crippen LogP contribution in [0.3, 0.4) is 0 Å². The predicted molar refractivity (Wildman–Crippen MR) is 89.0 cm³/mol. The average molecular weight is 299 g/mol. The average Bonchev–Trinajstić information content (AvgIpc) is 2.46. The summed E-state index contributed by atoms with van der Waals surface area (Å²) in [5.41, 5.74) is 5.83. The zero-order valence-electron chi connectivity index (χ0n) is 12.7. The maximum Gasteiger partial charge on any atom is 0.122 e. The molecule has 0 saturated carbocycles. The van der Waals surface area contributed by atoms with E-state index < -0.39 is 0 Å². The Labute approximate surface area is 131 Å². The summed E-state index contributed by atoms with van der Waals surface area (Å²) in [6, 6.07) is 12.3. The molecule has 0 heterocycles. The van der Waals surface area contributed by atoms with Crippen molar-refractivity contribution in [1.29, 1.82) is 0 Å². The van der Waals surface area contributed by atoms with Crippen molar-refractivity contribution < 1.29 is 4.74 Å². The Hall–Kier alpha value is -1.91. The quantitative estimate of drug-likeness (QED) is 0.585. The normalized spacial score (nSPS) is 9.90. The van der Waals surface area contributed by atoms with Gasteiger partial charge in [0.15, 0.2) is 0 Å². The van der Waals surface area contributed by atoms with E-state index in [4.69, 9.17) is 16.3 Å². The van der Waals surface area contributed by atoms with Gasteiger partial charge in [0.1, 0.15) is 12.4 Å². The molecule has 0 aromatic heterocycles. The zero-order chi connectivity index (χ0) is 15.2. The molecule has 1 nitrogen and oxygen atoms in total. The van der Waals surface area contributed by atoms with Crippen LogP contribution in [0.25, 0.3) is 0 Å². The molecule has 2 aromatic rings. The molecule has 2 heteroatoms. The molecular weight excluding hydrogens is 280 g/mol. The number of rotatable bonds is 3. The van der Waals surface area contributed by atoms with E-state index in [1.807, 2.05) is 25.1 Å². The van der Waals surface area contributed by atoms with E-state index in [2.05, 4.69) is 43.9 Å². The van der Waals surface area contributed by atoms with Gasteiger partial charge in [0.05, 0.1) is 5.88 Å². The second-order valence-corrected chi connectivity index (χ2v) is 5.34. The van der Waals surface area contributed by atoms with Gasteiger partial charge < -0.3 is 4.74 Å². The molecule has 0 saturated heterocycles. The predicted octanol–water partition coefficient (Wildman–Crippen LogP) is 4.78. The lowest BCUT2D eigenvalue weighted by Gasteiger charge is -2.13. The van der Waals surface area contributed by atoms with Crippen LogP contribution in [0.15, 0.2) is 36.4 Å². The van der Waals surface area contributed by atoms with Gasteiger partial charge in [-0.3, -0.25) is 0 Å². The molecule has 0 N–H and O–H groups in total. The summed E-state index contributed by atoms with van der Waals surface area (Å²) >= 11 is 5.57. The second-order valence-electron chi connectivity index (χ2n) is 5.07. The Morgan fingerprint density at radius 2 is 1.71 bits per heavy atom. The standard InChI is InChI=1S/C19H19ClO/c1-14-6-4-7-15(2)18(14)13-21-19-10-9-17(8-5-11-20)12-16(19)3/h4,6-7,9-10,12H,11,13H2,1-3H3. The van der Waals surface area contributed by atoms with Crippen molar-refractivity contribution in [3.05, 3.63) is 64.2 Å². The zero-order valence-corrected chi connectivity index (χ0v) is 13.4. The van der Waals surface area contributed by atoms with Crippen LogP contribution < -0.4 is 4.74 Å². The largest absolute Gasteiger partial charge is 0.489 e. The molecule has 0 aliphatic carbocycles. The number of aryl methyl sites for hydroxylation is 3. The van der Waals surface area contributed by atoms with Crippen molar-refractivity contribution in [1.82, 2.24) is 0 Å². The number of hydrogen-bond donors (Lipinski definition) is 0. The van der Waals surface area contributed by atoms with E-state index in [1.165, 1.54) is 16.7 Å². The summed E-state index contributed by atoms with van der Waals surface area (Å²) in [4.78, 5) is 0. The number of ether oxygens (including phenoxy) is 1. The van der Waals surface area contributed by atoms with Crippen molar-refractivity contribution >= 4 is 11.6 Å². The summed E-state index contributed by atoms with van der Waals surface area (Å²) in [6.45, 7) is 6.85. The second kappa shape index (κ2) is 7.20. The van der Waals surface area contributed by atoms with Gasteiger partial charge in [0.2, 0.25) is 0 Å². The Kier molecular flexibility index (Phi) is 5.31. The van der Waals surface area contributed by atoms with Gasteiger partial charge in [-0.2, -0.15) is 0 Å². The van der Waals surface area contributed by atoms with E-state index in [9.17, 15) is 0 Å². The van der Waals surface area contributed by atoms with Gasteiger partial charge in [-0.15, -0.1) is 11.6 Å². The van der Waals surface area contributed by atoms with Crippen LogP contribution >= 0.6 is 11.6 Å². The van der Waals surface area contributed by atoms with Crippen LogP contribution in [-0.4, -0.2) is 5.88 Å². The van der Waals surface area contributed by atoms with Crippen LogP contribution in [0.1, 0.15) is 27.8 Å². The molecule has 21 heavy (non-hydrogen) atoms. The SMILES string of the molecule is Cc1cc(C#CCCl)ccc1OCc1c(C)cccc1C. The monoisotopic (exact) mass is 298 g/mol. The summed E-state index contributed by atoms with van der Waals surface area (Å²) in [6.07, 6.45) is 0. The first-order valence-electron chi connectivity index (χ1n) is 6.95. The highest BCUT2D eigenvalue weighted by molar-refractivity contribution is 6.19. The maximum absolute atomic E-state index is 5.97. The fourth-order valence-corrected chi connectivity index (χ4v) is 2.32. The lowest BCUT2D eigenvalue weighted by molar-refractivity contribution is 0.302. The van der Waals surface area contributed by atoms with E-state index >= 15 is 0 Å². The Morgan fingerprint density at radius 3 is 2.33 bits per heavy atom. The highest BCUT2D eigenvalue weighted by atomic mass is 35.5. The lowest BCUT2D eigenvalue weighted by atomic mass is 10.0. The number of hydrogen-bond acceptors (Lipinski definition) is 1. The van der Waals surface area contributed by atoms with Gasteiger partial charge >= 0.3 is 0 Å². The molecule has 2 aromatic carbocycles. The third-order valence-electron chi connectivity index (χ3n) is 3.49. The van der Waals surface area contributed by atoms with E-state index in [0.717, 1.165) is 16.9 Å². The molecule has 0 aliphatic rings. The van der Waals surface area contributed by atoms with Gasteiger partial charge in [0, 0.05) is 5.56 Å². The molecule has 0 unspecified atom stereocenters. The van der Waals surface area contributed by atoms with Gasteiger partial charge in [-0.25, -0.2) is 0 Å². The van der Waals surface area contributed by atoms with Crippen LogP contribution in [0.5, 0.6) is 5.75 Å². The summed E-state index contributed by atoms with van der Waals surface area (Å²) in [7, 11) is 0. The Morgan fingerprint density at radius 1 is 1.00 bits per heavy atom. The Bertz CT molecular complexity index is 672. The van der Waals surface area contributed by atoms with E-state index in [0.29, 0.717) is 12.5 Å². The molecule has 0 bridgehead atoms. The third kappa shape index (κ3) is 4.03. The van der Waals surface area contributed by atoms with E-state index in [-0.39, 0.29) is 0 Å². The van der Waals surface area contributed by atoms with Gasteiger partial charge in [-0.1, -0.05) is 30.0 Å². The van der Waals surface area contributed by atoms with Crippen molar-refractivity contribution in [3.63, 3.8) is 0 Å². The van der Waals surface area contributed by atoms with Gasteiger partial charge in [0.25, 0.3) is 0 Å².